The predicted molar refractivity (Wildman–Crippen MR) is 81.9 cm³/mol. The normalized spacial score (nSPS) is 21.8. The molecule has 0 aromatic carbocycles. The van der Waals surface area contributed by atoms with Gasteiger partial charge in [-0.3, -0.25) is 0 Å². The Morgan fingerprint density at radius 2 is 1.56 bits per heavy atom. The minimum absolute atomic E-state index is 0.752. The van der Waals surface area contributed by atoms with E-state index in [0.717, 1.165) is 23.8 Å². The second kappa shape index (κ2) is 8.96. The Kier molecular flexibility index (Phi) is 7.97. The van der Waals surface area contributed by atoms with Gasteiger partial charge in [-0.15, -0.1) is 0 Å². The molecule has 1 N–H and O–H groups in total. The molecule has 0 aliphatic heterocycles. The van der Waals surface area contributed by atoms with Gasteiger partial charge in [0.05, 0.1) is 0 Å². The van der Waals surface area contributed by atoms with Crippen molar-refractivity contribution < 1.29 is 0 Å². The van der Waals surface area contributed by atoms with E-state index in [1.165, 1.54) is 57.8 Å². The van der Waals surface area contributed by atoms with Crippen LogP contribution in [0, 0.1) is 17.8 Å². The van der Waals surface area contributed by atoms with Gasteiger partial charge in [0, 0.05) is 6.04 Å². The van der Waals surface area contributed by atoms with Crippen molar-refractivity contribution in [3.63, 3.8) is 0 Å². The maximum Gasteiger partial charge on any atom is 0.00692 e. The summed E-state index contributed by atoms with van der Waals surface area (Å²) in [5.41, 5.74) is 0. The highest BCUT2D eigenvalue weighted by molar-refractivity contribution is 4.75. The predicted octanol–water partition coefficient (Wildman–Crippen LogP) is 5.01. The van der Waals surface area contributed by atoms with Crippen molar-refractivity contribution >= 4 is 0 Å². The van der Waals surface area contributed by atoms with Crippen LogP contribution in [0.2, 0.25) is 0 Å². The minimum Gasteiger partial charge on any atom is -0.317 e. The van der Waals surface area contributed by atoms with Crippen LogP contribution < -0.4 is 5.32 Å². The maximum absolute atomic E-state index is 3.57. The van der Waals surface area contributed by atoms with Crippen molar-refractivity contribution in [1.29, 1.82) is 0 Å². The SMILES string of the molecule is CNC(CC(C)CC(C)C)CC1CCCCCC1. The number of rotatable bonds is 7. The molecule has 1 aliphatic rings. The highest BCUT2D eigenvalue weighted by Gasteiger charge is 2.19. The van der Waals surface area contributed by atoms with Crippen molar-refractivity contribution in [3.8, 4) is 0 Å². The van der Waals surface area contributed by atoms with Gasteiger partial charge < -0.3 is 5.32 Å². The summed E-state index contributed by atoms with van der Waals surface area (Å²) in [5, 5.41) is 3.57. The Labute approximate surface area is 115 Å². The quantitative estimate of drug-likeness (QED) is 0.629. The zero-order valence-corrected chi connectivity index (χ0v) is 13.2. The molecule has 2 unspecified atom stereocenters. The first-order valence-corrected chi connectivity index (χ1v) is 8.29. The lowest BCUT2D eigenvalue weighted by molar-refractivity contribution is 0.302. The third-order valence-electron chi connectivity index (χ3n) is 4.56. The lowest BCUT2D eigenvalue weighted by Crippen LogP contribution is -2.30. The molecule has 18 heavy (non-hydrogen) atoms. The molecular weight excluding hydrogens is 218 g/mol. The van der Waals surface area contributed by atoms with Crippen LogP contribution in [0.5, 0.6) is 0 Å². The molecular formula is C17H35N. The first kappa shape index (κ1) is 16.0. The molecule has 0 bridgehead atoms. The summed E-state index contributed by atoms with van der Waals surface area (Å²) >= 11 is 0. The van der Waals surface area contributed by atoms with E-state index in [4.69, 9.17) is 0 Å². The highest BCUT2D eigenvalue weighted by atomic mass is 14.9. The molecule has 1 nitrogen and oxygen atoms in total. The smallest absolute Gasteiger partial charge is 0.00692 e. The molecule has 1 aliphatic carbocycles. The van der Waals surface area contributed by atoms with E-state index in [1.54, 1.807) is 0 Å². The van der Waals surface area contributed by atoms with E-state index in [9.17, 15) is 0 Å². The van der Waals surface area contributed by atoms with Crippen molar-refractivity contribution in [1.82, 2.24) is 5.32 Å². The molecule has 1 saturated carbocycles. The minimum atomic E-state index is 0.752. The Morgan fingerprint density at radius 3 is 2.06 bits per heavy atom. The van der Waals surface area contributed by atoms with Crippen LogP contribution in [0.4, 0.5) is 0 Å². The van der Waals surface area contributed by atoms with Crippen LogP contribution in [-0.4, -0.2) is 13.1 Å². The standard InChI is InChI=1S/C17H35N/c1-14(2)11-15(3)12-17(18-4)13-16-9-7-5-6-8-10-16/h14-18H,5-13H2,1-4H3. The summed E-state index contributed by atoms with van der Waals surface area (Å²) in [6.45, 7) is 7.11. The average molecular weight is 253 g/mol. The molecule has 1 fully saturated rings. The van der Waals surface area contributed by atoms with Crippen LogP contribution in [0.25, 0.3) is 0 Å². The summed E-state index contributed by atoms with van der Waals surface area (Å²) in [5.74, 6) is 2.71. The summed E-state index contributed by atoms with van der Waals surface area (Å²) in [7, 11) is 2.16. The molecule has 0 spiro atoms. The van der Waals surface area contributed by atoms with E-state index >= 15 is 0 Å². The van der Waals surface area contributed by atoms with Gasteiger partial charge in [-0.05, 0) is 44.1 Å². The number of nitrogens with one attached hydrogen (secondary N) is 1. The van der Waals surface area contributed by atoms with Gasteiger partial charge in [-0.1, -0.05) is 59.3 Å². The van der Waals surface area contributed by atoms with Gasteiger partial charge in [0.2, 0.25) is 0 Å². The van der Waals surface area contributed by atoms with E-state index < -0.39 is 0 Å². The van der Waals surface area contributed by atoms with E-state index in [-0.39, 0.29) is 0 Å². The van der Waals surface area contributed by atoms with Crippen LogP contribution in [0.3, 0.4) is 0 Å². The molecule has 0 aromatic rings. The second-order valence-electron chi connectivity index (χ2n) is 7.05. The molecule has 0 amide bonds. The average Bonchev–Trinajstić information content (AvgIpc) is 2.55. The topological polar surface area (TPSA) is 12.0 Å². The van der Waals surface area contributed by atoms with Crippen LogP contribution >= 0.6 is 0 Å². The largest absolute Gasteiger partial charge is 0.317 e. The van der Waals surface area contributed by atoms with Crippen LogP contribution in [-0.2, 0) is 0 Å². The van der Waals surface area contributed by atoms with Gasteiger partial charge in [-0.2, -0.15) is 0 Å². The first-order valence-electron chi connectivity index (χ1n) is 8.29. The summed E-state index contributed by atoms with van der Waals surface area (Å²) < 4.78 is 0. The molecule has 1 rings (SSSR count). The first-order chi connectivity index (χ1) is 8.61. The van der Waals surface area contributed by atoms with Crippen molar-refractivity contribution in [2.75, 3.05) is 7.05 Å². The third-order valence-corrected chi connectivity index (χ3v) is 4.56. The molecule has 2 atom stereocenters. The summed E-state index contributed by atoms with van der Waals surface area (Å²) in [4.78, 5) is 0. The summed E-state index contributed by atoms with van der Waals surface area (Å²) in [6, 6.07) is 0.752. The Hall–Kier alpha value is -0.0400. The third kappa shape index (κ3) is 6.78. The molecule has 0 saturated heterocycles. The summed E-state index contributed by atoms with van der Waals surface area (Å²) in [6.07, 6.45) is 13.0. The van der Waals surface area contributed by atoms with Gasteiger partial charge in [0.15, 0.2) is 0 Å². The van der Waals surface area contributed by atoms with E-state index in [1.807, 2.05) is 0 Å². The van der Waals surface area contributed by atoms with Crippen molar-refractivity contribution in [3.05, 3.63) is 0 Å². The van der Waals surface area contributed by atoms with Crippen LogP contribution in [0.15, 0.2) is 0 Å². The fraction of sp³-hybridized carbons (Fsp3) is 1.00. The van der Waals surface area contributed by atoms with E-state index in [2.05, 4.69) is 33.1 Å². The molecule has 108 valence electrons. The Balaban J connectivity index is 2.30. The van der Waals surface area contributed by atoms with Gasteiger partial charge in [-0.25, -0.2) is 0 Å². The Bertz CT molecular complexity index is 192. The number of hydrogen-bond donors (Lipinski definition) is 1. The lowest BCUT2D eigenvalue weighted by atomic mass is 9.86. The van der Waals surface area contributed by atoms with Crippen molar-refractivity contribution in [2.24, 2.45) is 17.8 Å². The van der Waals surface area contributed by atoms with Crippen LogP contribution in [0.1, 0.15) is 78.6 Å². The maximum atomic E-state index is 3.57. The fourth-order valence-electron chi connectivity index (χ4n) is 3.72. The molecule has 0 radical (unpaired) electrons. The zero-order valence-electron chi connectivity index (χ0n) is 13.2. The van der Waals surface area contributed by atoms with Gasteiger partial charge in [0.1, 0.15) is 0 Å². The molecule has 0 aromatic heterocycles. The zero-order chi connectivity index (χ0) is 13.4. The molecule has 1 heteroatoms. The lowest BCUT2D eigenvalue weighted by Gasteiger charge is -2.25. The molecule has 0 heterocycles. The number of hydrogen-bond acceptors (Lipinski definition) is 1. The monoisotopic (exact) mass is 253 g/mol. The van der Waals surface area contributed by atoms with E-state index in [0.29, 0.717) is 0 Å². The Morgan fingerprint density at radius 1 is 0.944 bits per heavy atom. The van der Waals surface area contributed by atoms with Gasteiger partial charge >= 0.3 is 0 Å². The second-order valence-corrected chi connectivity index (χ2v) is 7.05. The van der Waals surface area contributed by atoms with Gasteiger partial charge in [0.25, 0.3) is 0 Å². The highest BCUT2D eigenvalue weighted by Crippen LogP contribution is 2.28. The van der Waals surface area contributed by atoms with Crippen molar-refractivity contribution in [2.45, 2.75) is 84.6 Å². The fourth-order valence-corrected chi connectivity index (χ4v) is 3.72.